The first kappa shape index (κ1) is 14.1. The third kappa shape index (κ3) is 3.04. The van der Waals surface area contributed by atoms with Crippen molar-refractivity contribution < 1.29 is 19.6 Å². The van der Waals surface area contributed by atoms with Crippen molar-refractivity contribution in [2.24, 2.45) is 0 Å². The largest absolute Gasteiger partial charge is 0.465 e. The molecule has 98 valence electrons. The Bertz CT molecular complexity index is 429. The van der Waals surface area contributed by atoms with Crippen LogP contribution in [0.4, 0.5) is 0 Å². The normalized spacial score (nSPS) is 13.7. The first-order valence-electron chi connectivity index (χ1n) is 5.51. The topological polar surface area (TPSA) is 89.7 Å². The molecule has 0 unspecified atom stereocenters. The van der Waals surface area contributed by atoms with E-state index in [2.05, 4.69) is 4.74 Å². The van der Waals surface area contributed by atoms with E-state index in [1.165, 1.54) is 31.4 Å². The second-order valence-electron chi connectivity index (χ2n) is 3.82. The number of carbonyl (C=O) groups excluding carboxylic acids is 1. The number of aliphatic hydroxyl groups is 1. The van der Waals surface area contributed by atoms with Crippen LogP contribution in [0.2, 0.25) is 0 Å². The fraction of sp³-hybridized carbons (Fsp3) is 0.417. The highest BCUT2D eigenvalue weighted by Crippen LogP contribution is 2.21. The number of carbonyl (C=O) groups is 1. The number of esters is 1. The Morgan fingerprint density at radius 3 is 2.39 bits per heavy atom. The van der Waals surface area contributed by atoms with Gasteiger partial charge in [-0.2, -0.15) is 0 Å². The molecule has 2 atom stereocenters. The number of hydrogen-bond acceptors (Lipinski definition) is 5. The van der Waals surface area contributed by atoms with Crippen LogP contribution in [-0.4, -0.2) is 29.2 Å². The highest BCUT2D eigenvalue weighted by Gasteiger charge is 2.29. The van der Waals surface area contributed by atoms with E-state index in [9.17, 15) is 20.0 Å². The Hall–Kier alpha value is -1.95. The molecule has 0 radical (unpaired) electrons. The smallest absolute Gasteiger partial charge is 0.337 e. The lowest BCUT2D eigenvalue weighted by atomic mass is 10.00. The van der Waals surface area contributed by atoms with Crippen molar-refractivity contribution in [1.29, 1.82) is 0 Å². The van der Waals surface area contributed by atoms with Crippen molar-refractivity contribution >= 4 is 5.97 Å². The van der Waals surface area contributed by atoms with Crippen LogP contribution >= 0.6 is 0 Å². The van der Waals surface area contributed by atoms with E-state index in [-0.39, 0.29) is 6.42 Å². The standard InChI is InChI=1S/C12H15NO5/c1-3-10(13(16)17)11(14)8-4-6-9(7-5-8)12(15)18-2/h4-7,10-11,14H,3H2,1-2H3/t10-,11-/m1/s1. The van der Waals surface area contributed by atoms with E-state index in [0.717, 1.165) is 0 Å². The maximum atomic E-state index is 11.2. The van der Waals surface area contributed by atoms with Crippen molar-refractivity contribution in [3.8, 4) is 0 Å². The molecule has 1 aromatic rings. The van der Waals surface area contributed by atoms with Crippen LogP contribution in [0.3, 0.4) is 0 Å². The van der Waals surface area contributed by atoms with Crippen molar-refractivity contribution in [3.05, 3.63) is 45.5 Å². The Balaban J connectivity index is 2.90. The third-order valence-corrected chi connectivity index (χ3v) is 2.73. The van der Waals surface area contributed by atoms with Gasteiger partial charge in [-0.1, -0.05) is 19.1 Å². The Kier molecular flexibility index (Phi) is 4.79. The third-order valence-electron chi connectivity index (χ3n) is 2.73. The zero-order valence-electron chi connectivity index (χ0n) is 10.2. The highest BCUT2D eigenvalue weighted by molar-refractivity contribution is 5.89. The number of aliphatic hydroxyl groups excluding tert-OH is 1. The lowest BCUT2D eigenvalue weighted by Gasteiger charge is -2.15. The molecule has 0 aliphatic heterocycles. The van der Waals surface area contributed by atoms with Gasteiger partial charge in [-0.25, -0.2) is 4.79 Å². The molecule has 6 heteroatoms. The highest BCUT2D eigenvalue weighted by atomic mass is 16.6. The lowest BCUT2D eigenvalue weighted by Crippen LogP contribution is -2.26. The Morgan fingerprint density at radius 1 is 1.44 bits per heavy atom. The van der Waals surface area contributed by atoms with Gasteiger partial charge in [-0.05, 0) is 17.7 Å². The number of nitrogens with zero attached hydrogens (tertiary/aromatic N) is 1. The monoisotopic (exact) mass is 253 g/mol. The van der Waals surface area contributed by atoms with Gasteiger partial charge < -0.3 is 9.84 Å². The molecule has 0 bridgehead atoms. The fourth-order valence-corrected chi connectivity index (χ4v) is 1.64. The van der Waals surface area contributed by atoms with Crippen molar-refractivity contribution in [3.63, 3.8) is 0 Å². The van der Waals surface area contributed by atoms with E-state index in [1.807, 2.05) is 0 Å². The van der Waals surface area contributed by atoms with Crippen LogP contribution < -0.4 is 0 Å². The second kappa shape index (κ2) is 6.11. The minimum Gasteiger partial charge on any atom is -0.465 e. The van der Waals surface area contributed by atoms with E-state index in [4.69, 9.17) is 0 Å². The zero-order valence-corrected chi connectivity index (χ0v) is 10.2. The zero-order chi connectivity index (χ0) is 13.7. The second-order valence-corrected chi connectivity index (χ2v) is 3.82. The molecule has 1 N–H and O–H groups in total. The average molecular weight is 253 g/mol. The van der Waals surface area contributed by atoms with Crippen molar-refractivity contribution in [2.75, 3.05) is 7.11 Å². The van der Waals surface area contributed by atoms with E-state index >= 15 is 0 Å². The van der Waals surface area contributed by atoms with Crippen LogP contribution in [0.25, 0.3) is 0 Å². The van der Waals surface area contributed by atoms with Gasteiger partial charge in [0, 0.05) is 11.3 Å². The molecular formula is C12H15NO5. The number of nitro groups is 1. The summed E-state index contributed by atoms with van der Waals surface area (Å²) in [6.45, 7) is 1.64. The van der Waals surface area contributed by atoms with Gasteiger partial charge in [-0.15, -0.1) is 0 Å². The Labute approximate surface area is 104 Å². The molecule has 0 spiro atoms. The summed E-state index contributed by atoms with van der Waals surface area (Å²) in [5, 5.41) is 20.6. The summed E-state index contributed by atoms with van der Waals surface area (Å²) in [6.07, 6.45) is -0.955. The van der Waals surface area contributed by atoms with Crippen LogP contribution in [-0.2, 0) is 4.74 Å². The summed E-state index contributed by atoms with van der Waals surface area (Å²) in [6, 6.07) is 4.87. The molecule has 0 saturated heterocycles. The van der Waals surface area contributed by atoms with Crippen molar-refractivity contribution in [2.45, 2.75) is 25.5 Å². The summed E-state index contributed by atoms with van der Waals surface area (Å²) in [4.78, 5) is 21.4. The fourth-order valence-electron chi connectivity index (χ4n) is 1.64. The number of methoxy groups -OCH3 is 1. The predicted molar refractivity (Wildman–Crippen MR) is 63.8 cm³/mol. The minimum atomic E-state index is -1.18. The molecule has 6 nitrogen and oxygen atoms in total. The SMILES string of the molecule is CC[C@H]([C@H](O)c1ccc(C(=O)OC)cc1)[N+](=O)[O-]. The summed E-state index contributed by atoms with van der Waals surface area (Å²) in [7, 11) is 1.27. The molecule has 0 aliphatic rings. The Morgan fingerprint density at radius 2 is 2.00 bits per heavy atom. The van der Waals surface area contributed by atoms with Gasteiger partial charge in [0.25, 0.3) is 0 Å². The van der Waals surface area contributed by atoms with Gasteiger partial charge in [0.2, 0.25) is 6.04 Å². The number of hydrogen-bond donors (Lipinski definition) is 1. The van der Waals surface area contributed by atoms with Crippen LogP contribution in [0.15, 0.2) is 24.3 Å². The van der Waals surface area contributed by atoms with Crippen LogP contribution in [0.1, 0.15) is 35.4 Å². The molecule has 18 heavy (non-hydrogen) atoms. The van der Waals surface area contributed by atoms with Gasteiger partial charge >= 0.3 is 5.97 Å². The van der Waals surface area contributed by atoms with Crippen molar-refractivity contribution in [1.82, 2.24) is 0 Å². The van der Waals surface area contributed by atoms with Gasteiger partial charge in [0.1, 0.15) is 6.10 Å². The quantitative estimate of drug-likeness (QED) is 0.488. The van der Waals surface area contributed by atoms with E-state index in [0.29, 0.717) is 11.1 Å². The summed E-state index contributed by atoms with van der Waals surface area (Å²) >= 11 is 0. The maximum Gasteiger partial charge on any atom is 0.337 e. The number of ether oxygens (including phenoxy) is 1. The van der Waals surface area contributed by atoms with Gasteiger partial charge in [0.05, 0.1) is 12.7 Å². The molecule has 0 amide bonds. The molecule has 1 rings (SSSR count). The molecular weight excluding hydrogens is 238 g/mol. The lowest BCUT2D eigenvalue weighted by molar-refractivity contribution is -0.536. The predicted octanol–water partition coefficient (Wildman–Crippen LogP) is 1.56. The van der Waals surface area contributed by atoms with Crippen LogP contribution in [0, 0.1) is 10.1 Å². The van der Waals surface area contributed by atoms with Gasteiger partial charge in [-0.3, -0.25) is 10.1 Å². The first-order valence-corrected chi connectivity index (χ1v) is 5.51. The van der Waals surface area contributed by atoms with Gasteiger partial charge in [0.15, 0.2) is 0 Å². The van der Waals surface area contributed by atoms with Crippen LogP contribution in [0.5, 0.6) is 0 Å². The first-order chi connectivity index (χ1) is 8.51. The molecule has 0 aromatic heterocycles. The summed E-state index contributed by atoms with van der Waals surface area (Å²) in [5.41, 5.74) is 0.744. The van der Waals surface area contributed by atoms with E-state index in [1.54, 1.807) is 6.92 Å². The summed E-state index contributed by atoms with van der Waals surface area (Å²) in [5.74, 6) is -0.489. The van der Waals surface area contributed by atoms with E-state index < -0.39 is 23.0 Å². The summed E-state index contributed by atoms with van der Waals surface area (Å²) < 4.78 is 4.53. The molecule has 0 aliphatic carbocycles. The number of rotatable bonds is 5. The average Bonchev–Trinajstić information content (AvgIpc) is 2.38. The maximum absolute atomic E-state index is 11.2. The molecule has 0 heterocycles. The molecule has 0 saturated carbocycles. The molecule has 0 fully saturated rings. The molecule has 1 aromatic carbocycles. The number of benzene rings is 1. The minimum absolute atomic E-state index is 0.229.